The Morgan fingerprint density at radius 1 is 1.28 bits per heavy atom. The van der Waals surface area contributed by atoms with Gasteiger partial charge in [-0.25, -0.2) is 8.42 Å². The van der Waals surface area contributed by atoms with Crippen LogP contribution in [0.15, 0.2) is 24.3 Å². The van der Waals surface area contributed by atoms with Crippen LogP contribution in [0.25, 0.3) is 0 Å². The second-order valence-electron chi connectivity index (χ2n) is 6.01. The van der Waals surface area contributed by atoms with Gasteiger partial charge < -0.3 is 9.64 Å². The number of alkyl halides is 3. The van der Waals surface area contributed by atoms with Crippen LogP contribution < -0.4 is 4.74 Å². The predicted molar refractivity (Wildman–Crippen MR) is 85.9 cm³/mol. The summed E-state index contributed by atoms with van der Waals surface area (Å²) in [6, 6.07) is 4.77. The van der Waals surface area contributed by atoms with Gasteiger partial charge in [-0.3, -0.25) is 4.79 Å². The normalized spacial score (nSPS) is 19.6. The van der Waals surface area contributed by atoms with Crippen molar-refractivity contribution >= 4 is 15.7 Å². The van der Waals surface area contributed by atoms with E-state index in [1.165, 1.54) is 12.1 Å². The summed E-state index contributed by atoms with van der Waals surface area (Å²) >= 11 is 0. The van der Waals surface area contributed by atoms with Crippen molar-refractivity contribution in [1.82, 2.24) is 4.90 Å². The van der Waals surface area contributed by atoms with Crippen molar-refractivity contribution in [2.75, 3.05) is 18.1 Å². The largest absolute Gasteiger partial charge is 0.573 e. The first-order valence-electron chi connectivity index (χ1n) is 7.94. The molecule has 1 aliphatic rings. The molecule has 0 aliphatic carbocycles. The van der Waals surface area contributed by atoms with Gasteiger partial charge in [-0.2, -0.15) is 0 Å². The molecule has 5 nitrogen and oxygen atoms in total. The number of nitrogens with zero attached hydrogens (tertiary/aromatic N) is 1. The van der Waals surface area contributed by atoms with Crippen LogP contribution in [0.5, 0.6) is 5.75 Å². The fourth-order valence-corrected chi connectivity index (χ4v) is 4.59. The molecule has 1 amide bonds. The maximum absolute atomic E-state index is 12.5. The van der Waals surface area contributed by atoms with Gasteiger partial charge in [-0.1, -0.05) is 19.1 Å². The lowest BCUT2D eigenvalue weighted by Gasteiger charge is -2.28. The Bertz CT molecular complexity index is 701. The Hall–Kier alpha value is -1.77. The number of amides is 1. The molecule has 1 fully saturated rings. The van der Waals surface area contributed by atoms with Gasteiger partial charge >= 0.3 is 6.36 Å². The molecular weight excluding hydrogens is 359 g/mol. The summed E-state index contributed by atoms with van der Waals surface area (Å²) in [5.41, 5.74) is 0.543. The first-order valence-corrected chi connectivity index (χ1v) is 9.76. The standard InChI is InChI=1S/C16H20F3NO4S/c1-2-8-20(13-7-9-25(22,23)11-13)15(21)10-12-3-5-14(6-4-12)24-16(17,18)19/h3-6,13H,2,7-11H2,1H3. The second-order valence-corrected chi connectivity index (χ2v) is 8.24. The molecule has 0 aromatic heterocycles. The average molecular weight is 379 g/mol. The Morgan fingerprint density at radius 2 is 1.92 bits per heavy atom. The van der Waals surface area contributed by atoms with E-state index in [0.29, 0.717) is 24.9 Å². The number of benzene rings is 1. The zero-order chi connectivity index (χ0) is 18.7. The molecule has 1 unspecified atom stereocenters. The lowest BCUT2D eigenvalue weighted by Crippen LogP contribution is -2.42. The van der Waals surface area contributed by atoms with Gasteiger partial charge in [0.25, 0.3) is 0 Å². The maximum atomic E-state index is 12.5. The summed E-state index contributed by atoms with van der Waals surface area (Å²) in [7, 11) is -3.11. The monoisotopic (exact) mass is 379 g/mol. The molecule has 140 valence electrons. The van der Waals surface area contributed by atoms with Crippen molar-refractivity contribution in [2.45, 2.75) is 38.6 Å². The minimum atomic E-state index is -4.76. The molecule has 2 rings (SSSR count). The maximum Gasteiger partial charge on any atom is 0.573 e. The Balaban J connectivity index is 2.03. The minimum Gasteiger partial charge on any atom is -0.406 e. The van der Waals surface area contributed by atoms with E-state index < -0.39 is 16.2 Å². The van der Waals surface area contributed by atoms with Crippen LogP contribution >= 0.6 is 0 Å². The van der Waals surface area contributed by atoms with E-state index in [0.717, 1.165) is 12.1 Å². The fraction of sp³-hybridized carbons (Fsp3) is 0.562. The minimum absolute atomic E-state index is 0.00282. The van der Waals surface area contributed by atoms with Gasteiger partial charge in [0.15, 0.2) is 9.84 Å². The summed E-state index contributed by atoms with van der Waals surface area (Å²) in [5.74, 6) is -0.532. The number of hydrogen-bond acceptors (Lipinski definition) is 4. The predicted octanol–water partition coefficient (Wildman–Crippen LogP) is 2.55. The third kappa shape index (κ3) is 5.91. The molecule has 0 bridgehead atoms. The van der Waals surface area contributed by atoms with Gasteiger partial charge in [0.2, 0.25) is 5.91 Å². The molecule has 9 heteroatoms. The zero-order valence-corrected chi connectivity index (χ0v) is 14.6. The molecule has 1 aromatic carbocycles. The van der Waals surface area contributed by atoms with Gasteiger partial charge in [-0.15, -0.1) is 13.2 Å². The van der Waals surface area contributed by atoms with Crippen LogP contribution in [-0.2, 0) is 21.1 Å². The third-order valence-corrected chi connectivity index (χ3v) is 5.70. The number of halogens is 3. The highest BCUT2D eigenvalue weighted by Gasteiger charge is 2.34. The lowest BCUT2D eigenvalue weighted by atomic mass is 10.1. The molecule has 0 radical (unpaired) electrons. The van der Waals surface area contributed by atoms with E-state index in [1.54, 1.807) is 4.90 Å². The van der Waals surface area contributed by atoms with Crippen LogP contribution in [0.3, 0.4) is 0 Å². The van der Waals surface area contributed by atoms with Crippen LogP contribution in [-0.4, -0.2) is 49.7 Å². The van der Waals surface area contributed by atoms with Crippen molar-refractivity contribution in [2.24, 2.45) is 0 Å². The van der Waals surface area contributed by atoms with Crippen molar-refractivity contribution in [3.05, 3.63) is 29.8 Å². The molecule has 1 heterocycles. The summed E-state index contributed by atoms with van der Waals surface area (Å²) < 4.78 is 63.5. The fourth-order valence-electron chi connectivity index (χ4n) is 2.86. The molecule has 1 atom stereocenters. The number of ether oxygens (including phenoxy) is 1. The van der Waals surface area contributed by atoms with Crippen LogP contribution in [0.2, 0.25) is 0 Å². The summed E-state index contributed by atoms with van der Waals surface area (Å²) in [5, 5.41) is 0. The van der Waals surface area contributed by atoms with E-state index in [-0.39, 0.29) is 35.6 Å². The van der Waals surface area contributed by atoms with Crippen molar-refractivity contribution in [3.8, 4) is 5.75 Å². The molecular formula is C16H20F3NO4S. The molecule has 1 aromatic rings. The molecule has 1 saturated heterocycles. The number of sulfone groups is 1. The Kier molecular flexibility index (Phi) is 5.97. The quantitative estimate of drug-likeness (QED) is 0.762. The van der Waals surface area contributed by atoms with E-state index in [1.807, 2.05) is 6.92 Å². The third-order valence-electron chi connectivity index (χ3n) is 3.95. The van der Waals surface area contributed by atoms with Gasteiger partial charge in [0, 0.05) is 12.6 Å². The Morgan fingerprint density at radius 3 is 2.40 bits per heavy atom. The SMILES string of the molecule is CCCN(C(=O)Cc1ccc(OC(F)(F)F)cc1)C1CCS(=O)(=O)C1. The highest BCUT2D eigenvalue weighted by molar-refractivity contribution is 7.91. The summed E-state index contributed by atoms with van der Waals surface area (Å²) in [6.45, 7) is 2.35. The topological polar surface area (TPSA) is 63.7 Å². The second kappa shape index (κ2) is 7.63. The highest BCUT2D eigenvalue weighted by atomic mass is 32.2. The molecule has 0 N–H and O–H groups in total. The van der Waals surface area contributed by atoms with Crippen LogP contribution in [0, 0.1) is 0 Å². The number of hydrogen-bond donors (Lipinski definition) is 0. The molecule has 1 aliphatic heterocycles. The summed E-state index contributed by atoms with van der Waals surface area (Å²) in [6.07, 6.45) is -3.64. The summed E-state index contributed by atoms with van der Waals surface area (Å²) in [4.78, 5) is 14.1. The average Bonchev–Trinajstić information content (AvgIpc) is 2.85. The smallest absolute Gasteiger partial charge is 0.406 e. The molecule has 0 spiro atoms. The van der Waals surface area contributed by atoms with Crippen molar-refractivity contribution in [3.63, 3.8) is 0 Å². The van der Waals surface area contributed by atoms with E-state index in [4.69, 9.17) is 0 Å². The van der Waals surface area contributed by atoms with Gasteiger partial charge in [0.05, 0.1) is 17.9 Å². The van der Waals surface area contributed by atoms with E-state index >= 15 is 0 Å². The number of carbonyl (C=O) groups is 1. The molecule has 25 heavy (non-hydrogen) atoms. The molecule has 0 saturated carbocycles. The number of carbonyl (C=O) groups excluding carboxylic acids is 1. The van der Waals surface area contributed by atoms with Crippen molar-refractivity contribution in [1.29, 1.82) is 0 Å². The van der Waals surface area contributed by atoms with Crippen molar-refractivity contribution < 1.29 is 31.1 Å². The van der Waals surface area contributed by atoms with E-state index in [9.17, 15) is 26.4 Å². The number of rotatable bonds is 6. The Labute approximate surface area is 144 Å². The van der Waals surface area contributed by atoms with Gasteiger partial charge in [0.1, 0.15) is 5.75 Å². The van der Waals surface area contributed by atoms with E-state index in [2.05, 4.69) is 4.74 Å². The highest BCUT2D eigenvalue weighted by Crippen LogP contribution is 2.23. The first-order chi connectivity index (χ1) is 11.6. The van der Waals surface area contributed by atoms with Crippen LogP contribution in [0.4, 0.5) is 13.2 Å². The first kappa shape index (κ1) is 19.6. The van der Waals surface area contributed by atoms with Gasteiger partial charge in [-0.05, 0) is 30.5 Å². The van der Waals surface area contributed by atoms with Crippen LogP contribution in [0.1, 0.15) is 25.3 Å². The zero-order valence-electron chi connectivity index (χ0n) is 13.8. The lowest BCUT2D eigenvalue weighted by molar-refractivity contribution is -0.274.